The fraction of sp³-hybridized carbons (Fsp3) is 0.200. The maximum atomic E-state index is 12.7. The number of benzene rings is 2. The summed E-state index contributed by atoms with van der Waals surface area (Å²) < 4.78 is 2.28. The summed E-state index contributed by atoms with van der Waals surface area (Å²) in [4.78, 5) is 17.5. The number of hydrogen-bond acceptors (Lipinski definition) is 2. The minimum Gasteiger partial charge on any atom is -0.342 e. The van der Waals surface area contributed by atoms with Crippen molar-refractivity contribution in [2.75, 3.05) is 0 Å². The van der Waals surface area contributed by atoms with Crippen molar-refractivity contribution in [3.05, 3.63) is 65.0 Å². The molecule has 0 radical (unpaired) electrons. The Balaban J connectivity index is 1.86. The molecule has 116 valence electrons. The molecule has 0 saturated carbocycles. The van der Waals surface area contributed by atoms with Crippen LogP contribution in [0.25, 0.3) is 11.0 Å². The highest BCUT2D eigenvalue weighted by Crippen LogP contribution is 2.45. The first kappa shape index (κ1) is 13.4. The second-order valence-electron chi connectivity index (χ2n) is 6.25. The van der Waals surface area contributed by atoms with Crippen LogP contribution in [0, 0.1) is 11.8 Å². The summed E-state index contributed by atoms with van der Waals surface area (Å²) in [5.74, 6) is 7.06. The first-order valence-electron chi connectivity index (χ1n) is 8.11. The van der Waals surface area contributed by atoms with Crippen LogP contribution in [-0.4, -0.2) is 15.5 Å². The van der Waals surface area contributed by atoms with Crippen molar-refractivity contribution in [1.82, 2.24) is 14.9 Å². The predicted molar refractivity (Wildman–Crippen MR) is 91.7 cm³/mol. The third kappa shape index (κ3) is 1.64. The van der Waals surface area contributed by atoms with Gasteiger partial charge in [-0.05, 0) is 37.6 Å². The third-order valence-corrected chi connectivity index (χ3v) is 4.95. The lowest BCUT2D eigenvalue weighted by atomic mass is 9.93. The van der Waals surface area contributed by atoms with E-state index in [2.05, 4.69) is 27.8 Å². The van der Waals surface area contributed by atoms with E-state index in [1.165, 1.54) is 0 Å². The van der Waals surface area contributed by atoms with Gasteiger partial charge in [-0.3, -0.25) is 4.79 Å². The van der Waals surface area contributed by atoms with E-state index < -0.39 is 0 Å². The van der Waals surface area contributed by atoms with Crippen LogP contribution in [0.1, 0.15) is 52.7 Å². The van der Waals surface area contributed by atoms with Gasteiger partial charge in [0.1, 0.15) is 5.82 Å². The summed E-state index contributed by atoms with van der Waals surface area (Å²) >= 11 is 0. The normalized spacial score (nSPS) is 20.6. The van der Waals surface area contributed by atoms with E-state index in [-0.39, 0.29) is 18.0 Å². The molecular formula is C20H15N3O. The van der Waals surface area contributed by atoms with Gasteiger partial charge in [0, 0.05) is 16.7 Å². The first-order chi connectivity index (χ1) is 11.8. The second kappa shape index (κ2) is 4.72. The summed E-state index contributed by atoms with van der Waals surface area (Å²) in [7, 11) is 0. The minimum absolute atomic E-state index is 0.0319. The SMILES string of the molecule is CC#Cc1cccc2c1C1CC(NC2=O)c2nc3ccccc3n21. The molecule has 24 heavy (non-hydrogen) atoms. The van der Waals surface area contributed by atoms with Crippen molar-refractivity contribution in [1.29, 1.82) is 0 Å². The van der Waals surface area contributed by atoms with Crippen molar-refractivity contribution in [2.24, 2.45) is 0 Å². The van der Waals surface area contributed by atoms with E-state index >= 15 is 0 Å². The van der Waals surface area contributed by atoms with E-state index in [4.69, 9.17) is 4.98 Å². The van der Waals surface area contributed by atoms with Gasteiger partial charge in [-0.2, -0.15) is 0 Å². The number of carbonyl (C=O) groups excluding carboxylic acids is 1. The van der Waals surface area contributed by atoms with Crippen LogP contribution in [0.3, 0.4) is 0 Å². The number of hydrogen-bond donors (Lipinski definition) is 1. The zero-order valence-electron chi connectivity index (χ0n) is 13.2. The molecule has 3 aromatic rings. The summed E-state index contributed by atoms with van der Waals surface area (Å²) in [6.45, 7) is 1.83. The lowest BCUT2D eigenvalue weighted by Crippen LogP contribution is -2.28. The number of para-hydroxylation sites is 2. The molecule has 3 heterocycles. The number of nitrogens with one attached hydrogen (secondary N) is 1. The van der Waals surface area contributed by atoms with Crippen LogP contribution in [0.4, 0.5) is 0 Å². The third-order valence-electron chi connectivity index (χ3n) is 4.95. The number of amides is 1. The van der Waals surface area contributed by atoms with Gasteiger partial charge >= 0.3 is 0 Å². The molecule has 4 heteroatoms. The molecule has 0 fully saturated rings. The Labute approximate surface area is 139 Å². The summed E-state index contributed by atoms with van der Waals surface area (Å²) in [5.41, 5.74) is 4.77. The Morgan fingerprint density at radius 2 is 2.08 bits per heavy atom. The average molecular weight is 313 g/mol. The summed E-state index contributed by atoms with van der Waals surface area (Å²) in [6.07, 6.45) is 0.828. The predicted octanol–water partition coefficient (Wildman–Crippen LogP) is 3.19. The van der Waals surface area contributed by atoms with Crippen LogP contribution >= 0.6 is 0 Å². The zero-order valence-corrected chi connectivity index (χ0v) is 13.2. The van der Waals surface area contributed by atoms with Gasteiger partial charge in [0.2, 0.25) is 0 Å². The topological polar surface area (TPSA) is 46.9 Å². The molecule has 5 rings (SSSR count). The van der Waals surface area contributed by atoms with Crippen LogP contribution in [-0.2, 0) is 0 Å². The summed E-state index contributed by atoms with van der Waals surface area (Å²) in [5, 5.41) is 3.14. The number of rotatable bonds is 0. The highest BCUT2D eigenvalue weighted by Gasteiger charge is 2.41. The molecule has 2 bridgehead atoms. The molecule has 1 aromatic heterocycles. The van der Waals surface area contributed by atoms with Crippen LogP contribution < -0.4 is 5.32 Å². The molecule has 4 nitrogen and oxygen atoms in total. The average Bonchev–Trinajstić information content (AvgIpc) is 3.08. The Kier molecular flexibility index (Phi) is 2.63. The lowest BCUT2D eigenvalue weighted by Gasteiger charge is -2.19. The standard InChI is InChI=1S/C20H15N3O/c1-2-6-12-7-5-8-13-18(12)17-11-15(22-20(13)24)19-21-14-9-3-4-10-16(14)23(17)19/h3-5,7-10,15,17H,11H2,1H3,(H,22,24). The molecule has 2 unspecified atom stereocenters. The smallest absolute Gasteiger partial charge is 0.252 e. The molecule has 2 aromatic carbocycles. The number of carbonyl (C=O) groups is 1. The lowest BCUT2D eigenvalue weighted by molar-refractivity contribution is 0.0938. The van der Waals surface area contributed by atoms with E-state index in [0.717, 1.165) is 40.0 Å². The fourth-order valence-corrected chi connectivity index (χ4v) is 4.04. The molecule has 2 aliphatic heterocycles. The molecule has 0 saturated heterocycles. The van der Waals surface area contributed by atoms with Crippen LogP contribution in [0.5, 0.6) is 0 Å². The van der Waals surface area contributed by atoms with Crippen molar-refractivity contribution >= 4 is 16.9 Å². The van der Waals surface area contributed by atoms with Gasteiger partial charge in [0.25, 0.3) is 5.91 Å². The summed E-state index contributed by atoms with van der Waals surface area (Å²) in [6, 6.07) is 14.0. The number of aromatic nitrogens is 2. The van der Waals surface area contributed by atoms with Crippen LogP contribution in [0.2, 0.25) is 0 Å². The minimum atomic E-state index is -0.0512. The largest absolute Gasteiger partial charge is 0.342 e. The molecule has 2 aliphatic rings. The van der Waals surface area contributed by atoms with Gasteiger partial charge in [0.05, 0.1) is 23.1 Å². The Morgan fingerprint density at radius 1 is 1.21 bits per heavy atom. The van der Waals surface area contributed by atoms with Crippen LogP contribution in [0.15, 0.2) is 42.5 Å². The maximum absolute atomic E-state index is 12.7. The van der Waals surface area contributed by atoms with E-state index in [1.54, 1.807) is 0 Å². The fourth-order valence-electron chi connectivity index (χ4n) is 4.04. The zero-order chi connectivity index (χ0) is 16.3. The quantitative estimate of drug-likeness (QED) is 0.648. The Hall–Kier alpha value is -3.06. The van der Waals surface area contributed by atoms with Crippen molar-refractivity contribution < 1.29 is 4.79 Å². The van der Waals surface area contributed by atoms with Crippen molar-refractivity contribution in [3.8, 4) is 11.8 Å². The molecule has 1 amide bonds. The first-order valence-corrected chi connectivity index (χ1v) is 8.11. The second-order valence-corrected chi connectivity index (χ2v) is 6.25. The molecule has 0 spiro atoms. The van der Waals surface area contributed by atoms with Crippen molar-refractivity contribution in [2.45, 2.75) is 25.4 Å². The number of nitrogens with zero attached hydrogens (tertiary/aromatic N) is 2. The van der Waals surface area contributed by atoms with Gasteiger partial charge in [-0.25, -0.2) is 4.98 Å². The maximum Gasteiger partial charge on any atom is 0.252 e. The van der Waals surface area contributed by atoms with Gasteiger partial charge in [-0.1, -0.05) is 24.1 Å². The highest BCUT2D eigenvalue weighted by atomic mass is 16.1. The Bertz CT molecular complexity index is 1070. The van der Waals surface area contributed by atoms with Gasteiger partial charge < -0.3 is 9.88 Å². The monoisotopic (exact) mass is 313 g/mol. The van der Waals surface area contributed by atoms with E-state index in [9.17, 15) is 4.79 Å². The molecule has 1 N–H and O–H groups in total. The number of imidazole rings is 1. The van der Waals surface area contributed by atoms with Gasteiger partial charge in [-0.15, -0.1) is 5.92 Å². The Morgan fingerprint density at radius 3 is 2.96 bits per heavy atom. The highest BCUT2D eigenvalue weighted by molar-refractivity contribution is 5.97. The van der Waals surface area contributed by atoms with E-state index in [0.29, 0.717) is 0 Å². The van der Waals surface area contributed by atoms with Crippen molar-refractivity contribution in [3.63, 3.8) is 0 Å². The van der Waals surface area contributed by atoms with Gasteiger partial charge in [0.15, 0.2) is 0 Å². The molecule has 0 aliphatic carbocycles. The number of fused-ring (bicyclic) bond motifs is 9. The molecule has 2 atom stereocenters. The molecular weight excluding hydrogens is 298 g/mol. The van der Waals surface area contributed by atoms with E-state index in [1.807, 2.05) is 43.3 Å².